The Balaban J connectivity index is 1.56. The second-order valence-electron chi connectivity index (χ2n) is 9.00. The van der Waals surface area contributed by atoms with Crippen LogP contribution in [0.15, 0.2) is 102 Å². The molecule has 7 heteroatoms. The Bertz CT molecular complexity index is 1410. The maximum Gasteiger partial charge on any atom is 0.305 e. The third-order valence-corrected chi connectivity index (χ3v) is 6.60. The van der Waals surface area contributed by atoms with Crippen LogP contribution in [0.3, 0.4) is 0 Å². The van der Waals surface area contributed by atoms with Crippen LogP contribution >= 0.6 is 15.9 Å². The van der Waals surface area contributed by atoms with Crippen molar-refractivity contribution in [2.75, 3.05) is 6.61 Å². The highest BCUT2D eigenvalue weighted by atomic mass is 79.9. The molecule has 2 N–H and O–H groups in total. The minimum absolute atomic E-state index is 0.265. The van der Waals surface area contributed by atoms with Gasteiger partial charge >= 0.3 is 5.97 Å². The lowest BCUT2D eigenvalue weighted by molar-refractivity contribution is -0.137. The first-order valence-electron chi connectivity index (χ1n) is 12.8. The van der Waals surface area contributed by atoms with Gasteiger partial charge in [0, 0.05) is 10.0 Å². The fourth-order valence-corrected chi connectivity index (χ4v) is 4.46. The van der Waals surface area contributed by atoms with Gasteiger partial charge in [-0.15, -0.1) is 0 Å². The standard InChI is InChI=1S/C32H30BrNO5/c1-2-3-19-38-29-18-17-24(33)20-27(29)32(37)34-28(21-31(35)36)23-15-13-22(14-16-23)26-11-7-8-12-30(26)39-25-9-5-4-6-10-25/h4-18,20,28H,2-3,19,21H2,1H3,(H,34,37)(H,35,36). The zero-order chi connectivity index (χ0) is 27.6. The highest BCUT2D eigenvalue weighted by molar-refractivity contribution is 9.10. The summed E-state index contributed by atoms with van der Waals surface area (Å²) in [7, 11) is 0. The second-order valence-corrected chi connectivity index (χ2v) is 9.92. The van der Waals surface area contributed by atoms with Gasteiger partial charge in [0.2, 0.25) is 0 Å². The van der Waals surface area contributed by atoms with Crippen LogP contribution in [-0.2, 0) is 4.79 Å². The van der Waals surface area contributed by atoms with Crippen molar-refractivity contribution in [1.82, 2.24) is 5.32 Å². The number of rotatable bonds is 12. The van der Waals surface area contributed by atoms with Crippen LogP contribution in [0.4, 0.5) is 0 Å². The topological polar surface area (TPSA) is 84.9 Å². The summed E-state index contributed by atoms with van der Waals surface area (Å²) in [5.41, 5.74) is 2.83. The normalized spacial score (nSPS) is 11.4. The fourth-order valence-electron chi connectivity index (χ4n) is 4.10. The number of halogens is 1. The van der Waals surface area contributed by atoms with Gasteiger partial charge in [-0.05, 0) is 53.9 Å². The summed E-state index contributed by atoms with van der Waals surface area (Å²) in [6.45, 7) is 2.56. The Labute approximate surface area is 236 Å². The predicted molar refractivity (Wildman–Crippen MR) is 155 cm³/mol. The molecule has 4 aromatic rings. The van der Waals surface area contributed by atoms with Gasteiger partial charge in [-0.25, -0.2) is 0 Å². The number of para-hydroxylation sites is 2. The van der Waals surface area contributed by atoms with E-state index in [2.05, 4.69) is 28.2 Å². The van der Waals surface area contributed by atoms with Gasteiger partial charge in [-0.2, -0.15) is 0 Å². The minimum atomic E-state index is -1.01. The highest BCUT2D eigenvalue weighted by Gasteiger charge is 2.22. The van der Waals surface area contributed by atoms with Gasteiger partial charge < -0.3 is 19.9 Å². The van der Waals surface area contributed by atoms with E-state index in [0.717, 1.165) is 34.2 Å². The fraction of sp³-hybridized carbons (Fsp3) is 0.188. The van der Waals surface area contributed by atoms with Crippen LogP contribution in [0.1, 0.15) is 48.1 Å². The van der Waals surface area contributed by atoms with E-state index in [0.29, 0.717) is 29.2 Å². The summed E-state index contributed by atoms with van der Waals surface area (Å²) in [6.07, 6.45) is 1.57. The van der Waals surface area contributed by atoms with E-state index < -0.39 is 17.9 Å². The molecule has 0 aliphatic carbocycles. The second kappa shape index (κ2) is 13.6. The van der Waals surface area contributed by atoms with Crippen LogP contribution in [0.2, 0.25) is 0 Å². The summed E-state index contributed by atoms with van der Waals surface area (Å²) < 4.78 is 12.7. The SMILES string of the molecule is CCCCOc1ccc(Br)cc1C(=O)NC(CC(=O)O)c1ccc(-c2ccccc2Oc2ccccc2)cc1. The van der Waals surface area contributed by atoms with E-state index >= 15 is 0 Å². The van der Waals surface area contributed by atoms with Gasteiger partial charge in [0.05, 0.1) is 24.6 Å². The van der Waals surface area contributed by atoms with Gasteiger partial charge in [-0.1, -0.05) is 89.9 Å². The van der Waals surface area contributed by atoms with Crippen LogP contribution in [0, 0.1) is 0 Å². The number of benzene rings is 4. The molecule has 1 unspecified atom stereocenters. The number of carbonyl (C=O) groups excluding carboxylic acids is 1. The van der Waals surface area contributed by atoms with Crippen molar-refractivity contribution in [2.24, 2.45) is 0 Å². The number of carboxylic acid groups (broad SMARTS) is 1. The molecule has 0 bridgehead atoms. The number of hydrogen-bond acceptors (Lipinski definition) is 4. The molecule has 4 aromatic carbocycles. The maximum atomic E-state index is 13.3. The molecule has 0 saturated heterocycles. The first-order chi connectivity index (χ1) is 18.9. The number of carboxylic acids is 1. The molecule has 0 aliphatic heterocycles. The Kier molecular flexibility index (Phi) is 9.75. The van der Waals surface area contributed by atoms with Crippen LogP contribution in [0.5, 0.6) is 17.2 Å². The van der Waals surface area contributed by atoms with Crippen molar-refractivity contribution in [3.05, 3.63) is 113 Å². The summed E-state index contributed by atoms with van der Waals surface area (Å²) in [5.74, 6) is 0.483. The third-order valence-electron chi connectivity index (χ3n) is 6.11. The zero-order valence-corrected chi connectivity index (χ0v) is 23.2. The molecule has 0 radical (unpaired) electrons. The largest absolute Gasteiger partial charge is 0.493 e. The lowest BCUT2D eigenvalue weighted by atomic mass is 9.98. The molecule has 0 saturated carbocycles. The molecule has 0 aromatic heterocycles. The number of carbonyl (C=O) groups is 2. The van der Waals surface area contributed by atoms with Crippen LogP contribution in [-0.4, -0.2) is 23.6 Å². The first kappa shape index (κ1) is 27.9. The quantitative estimate of drug-likeness (QED) is 0.164. The van der Waals surface area contributed by atoms with Gasteiger partial charge in [0.25, 0.3) is 5.91 Å². The molecular weight excluding hydrogens is 558 g/mol. The number of ether oxygens (including phenoxy) is 2. The van der Waals surface area contributed by atoms with Crippen LogP contribution in [0.25, 0.3) is 11.1 Å². The van der Waals surface area contributed by atoms with Crippen LogP contribution < -0.4 is 14.8 Å². The number of hydrogen-bond donors (Lipinski definition) is 2. The molecule has 39 heavy (non-hydrogen) atoms. The Morgan fingerprint density at radius 2 is 1.62 bits per heavy atom. The van der Waals surface area contributed by atoms with E-state index in [1.54, 1.807) is 12.1 Å². The number of nitrogens with one attached hydrogen (secondary N) is 1. The molecule has 0 fully saturated rings. The highest BCUT2D eigenvalue weighted by Crippen LogP contribution is 2.34. The van der Waals surface area contributed by atoms with Gasteiger partial charge in [0.1, 0.15) is 17.2 Å². The van der Waals surface area contributed by atoms with Crippen molar-refractivity contribution >= 4 is 27.8 Å². The molecule has 4 rings (SSSR count). The van der Waals surface area contributed by atoms with E-state index in [-0.39, 0.29) is 6.42 Å². The average Bonchev–Trinajstić information content (AvgIpc) is 2.94. The molecular formula is C32H30BrNO5. The average molecular weight is 588 g/mol. The Hall–Kier alpha value is -4.10. The van der Waals surface area contributed by atoms with E-state index in [9.17, 15) is 14.7 Å². The Morgan fingerprint density at radius 1 is 0.897 bits per heavy atom. The van der Waals surface area contributed by atoms with E-state index in [1.807, 2.05) is 84.9 Å². The summed E-state index contributed by atoms with van der Waals surface area (Å²) in [5, 5.41) is 12.5. The molecule has 200 valence electrons. The molecule has 0 aliphatic rings. The Morgan fingerprint density at radius 3 is 2.33 bits per heavy atom. The predicted octanol–water partition coefficient (Wildman–Crippen LogP) is 8.03. The summed E-state index contributed by atoms with van der Waals surface area (Å²) in [4.78, 5) is 25.0. The van der Waals surface area contributed by atoms with Crippen molar-refractivity contribution in [3.8, 4) is 28.4 Å². The zero-order valence-electron chi connectivity index (χ0n) is 21.6. The maximum absolute atomic E-state index is 13.3. The molecule has 0 heterocycles. The lowest BCUT2D eigenvalue weighted by Gasteiger charge is -2.20. The molecule has 1 atom stereocenters. The summed E-state index contributed by atoms with van der Waals surface area (Å²) in [6, 6.07) is 29.3. The summed E-state index contributed by atoms with van der Waals surface area (Å²) >= 11 is 3.41. The van der Waals surface area contributed by atoms with Gasteiger partial charge in [-0.3, -0.25) is 9.59 Å². The third kappa shape index (κ3) is 7.71. The first-order valence-corrected chi connectivity index (χ1v) is 13.6. The molecule has 6 nitrogen and oxygen atoms in total. The number of aliphatic carboxylic acids is 1. The number of amides is 1. The minimum Gasteiger partial charge on any atom is -0.493 e. The van der Waals surface area contributed by atoms with Gasteiger partial charge in [0.15, 0.2) is 0 Å². The van der Waals surface area contributed by atoms with Crippen molar-refractivity contribution in [3.63, 3.8) is 0 Å². The lowest BCUT2D eigenvalue weighted by Crippen LogP contribution is -2.30. The smallest absolute Gasteiger partial charge is 0.305 e. The van der Waals surface area contributed by atoms with E-state index in [1.165, 1.54) is 0 Å². The van der Waals surface area contributed by atoms with Crippen molar-refractivity contribution in [1.29, 1.82) is 0 Å². The van der Waals surface area contributed by atoms with E-state index in [4.69, 9.17) is 9.47 Å². The number of unbranched alkanes of at least 4 members (excludes halogenated alkanes) is 1. The van der Waals surface area contributed by atoms with Crippen molar-refractivity contribution < 1.29 is 24.2 Å². The molecule has 0 spiro atoms. The molecule has 1 amide bonds. The van der Waals surface area contributed by atoms with Crippen molar-refractivity contribution in [2.45, 2.75) is 32.2 Å². The monoisotopic (exact) mass is 587 g/mol.